The molecule has 0 radical (unpaired) electrons. The van der Waals surface area contributed by atoms with Gasteiger partial charge in [-0.05, 0) is 38.2 Å². The smallest absolute Gasteiger partial charge is 0.276 e. The lowest BCUT2D eigenvalue weighted by Crippen LogP contribution is -2.37. The molecule has 2 fully saturated rings. The van der Waals surface area contributed by atoms with Gasteiger partial charge in [0.05, 0.1) is 0 Å². The highest BCUT2D eigenvalue weighted by Crippen LogP contribution is 2.41. The van der Waals surface area contributed by atoms with Crippen LogP contribution in [0, 0.1) is 6.92 Å². The van der Waals surface area contributed by atoms with Crippen LogP contribution in [0.3, 0.4) is 0 Å². The highest BCUT2D eigenvalue weighted by molar-refractivity contribution is 5.92. The van der Waals surface area contributed by atoms with Gasteiger partial charge in [0.2, 0.25) is 0 Å². The number of carbonyl (C=O) groups is 1. The molecule has 1 aromatic carbocycles. The second-order valence-corrected chi connectivity index (χ2v) is 7.17. The van der Waals surface area contributed by atoms with Crippen molar-refractivity contribution in [3.05, 3.63) is 52.9 Å². The van der Waals surface area contributed by atoms with Gasteiger partial charge in [-0.2, -0.15) is 0 Å². The van der Waals surface area contributed by atoms with Crippen LogP contribution in [0.2, 0.25) is 0 Å². The fourth-order valence-corrected chi connectivity index (χ4v) is 3.91. The predicted octanol–water partition coefficient (Wildman–Crippen LogP) is 4.27. The first-order valence-corrected chi connectivity index (χ1v) is 9.01. The van der Waals surface area contributed by atoms with Gasteiger partial charge in [0.15, 0.2) is 5.69 Å². The van der Waals surface area contributed by atoms with Crippen LogP contribution < -0.4 is 0 Å². The van der Waals surface area contributed by atoms with Crippen molar-refractivity contribution in [2.24, 2.45) is 0 Å². The quantitative estimate of drug-likeness (QED) is 0.844. The summed E-state index contributed by atoms with van der Waals surface area (Å²) in [4.78, 5) is 14.9. The molecule has 0 spiro atoms. The molecule has 126 valence electrons. The van der Waals surface area contributed by atoms with E-state index in [1.807, 2.05) is 11.0 Å². The normalized spacial score (nSPS) is 23.7. The molecule has 24 heavy (non-hydrogen) atoms. The molecule has 4 nitrogen and oxygen atoms in total. The number of carbonyl (C=O) groups excluding carboxylic acids is 1. The molecule has 1 saturated carbocycles. The molecule has 4 heteroatoms. The van der Waals surface area contributed by atoms with Gasteiger partial charge >= 0.3 is 0 Å². The highest BCUT2D eigenvalue weighted by atomic mass is 16.5. The maximum absolute atomic E-state index is 12.9. The summed E-state index contributed by atoms with van der Waals surface area (Å²) >= 11 is 0. The molecule has 2 unspecified atom stereocenters. The van der Waals surface area contributed by atoms with E-state index in [2.05, 4.69) is 43.3 Å². The molecule has 2 aliphatic rings. The zero-order valence-corrected chi connectivity index (χ0v) is 14.4. The number of hydrogen-bond acceptors (Lipinski definition) is 3. The Morgan fingerprint density at radius 3 is 2.67 bits per heavy atom. The van der Waals surface area contributed by atoms with E-state index in [4.69, 9.17) is 4.52 Å². The van der Waals surface area contributed by atoms with Crippen LogP contribution in [0.15, 0.2) is 34.9 Å². The topological polar surface area (TPSA) is 46.3 Å². The first-order valence-electron chi connectivity index (χ1n) is 9.01. The van der Waals surface area contributed by atoms with E-state index in [0.717, 1.165) is 38.0 Å². The Labute approximate surface area is 142 Å². The summed E-state index contributed by atoms with van der Waals surface area (Å²) in [7, 11) is 0. The minimum absolute atomic E-state index is 0.0205. The molecular weight excluding hydrogens is 300 g/mol. The maximum atomic E-state index is 12.9. The first-order chi connectivity index (χ1) is 11.7. The molecule has 1 aliphatic carbocycles. The Balaban J connectivity index is 1.54. The number of benzene rings is 1. The van der Waals surface area contributed by atoms with Gasteiger partial charge in [0.1, 0.15) is 5.76 Å². The summed E-state index contributed by atoms with van der Waals surface area (Å²) in [6, 6.07) is 10.8. The number of amides is 1. The van der Waals surface area contributed by atoms with E-state index in [9.17, 15) is 4.79 Å². The molecule has 2 aromatic rings. The van der Waals surface area contributed by atoms with Gasteiger partial charge in [0.25, 0.3) is 5.91 Å². The summed E-state index contributed by atoms with van der Waals surface area (Å²) in [5, 5.41) is 4.03. The number of nitrogens with zero attached hydrogens (tertiary/aromatic N) is 2. The van der Waals surface area contributed by atoms with Gasteiger partial charge in [-0.15, -0.1) is 0 Å². The molecule has 1 amide bonds. The van der Waals surface area contributed by atoms with Crippen molar-refractivity contribution in [3.8, 4) is 0 Å². The molecule has 0 bridgehead atoms. The number of hydrogen-bond donors (Lipinski definition) is 0. The van der Waals surface area contributed by atoms with E-state index in [0.29, 0.717) is 17.5 Å². The van der Waals surface area contributed by atoms with Crippen molar-refractivity contribution >= 4 is 5.91 Å². The minimum Gasteiger partial charge on any atom is -0.360 e. The number of aryl methyl sites for hydroxylation is 1. The van der Waals surface area contributed by atoms with Crippen molar-refractivity contribution in [2.45, 2.75) is 57.4 Å². The Morgan fingerprint density at radius 1 is 1.25 bits per heavy atom. The Kier molecular flexibility index (Phi) is 3.91. The maximum Gasteiger partial charge on any atom is 0.276 e. The summed E-state index contributed by atoms with van der Waals surface area (Å²) < 4.78 is 5.37. The van der Waals surface area contributed by atoms with Crippen LogP contribution in [0.5, 0.6) is 0 Å². The average molecular weight is 324 g/mol. The third-order valence-electron chi connectivity index (χ3n) is 5.46. The Bertz CT molecular complexity index is 730. The minimum atomic E-state index is 0.0205. The van der Waals surface area contributed by atoms with Crippen molar-refractivity contribution in [3.63, 3.8) is 0 Å². The van der Waals surface area contributed by atoms with Gasteiger partial charge in [-0.25, -0.2) is 0 Å². The third kappa shape index (κ3) is 2.74. The lowest BCUT2D eigenvalue weighted by atomic mass is 9.90. The fraction of sp³-hybridized carbons (Fsp3) is 0.500. The monoisotopic (exact) mass is 324 g/mol. The lowest BCUT2D eigenvalue weighted by molar-refractivity contribution is 0.0716. The first kappa shape index (κ1) is 15.4. The molecule has 2 atom stereocenters. The molecule has 1 saturated heterocycles. The largest absolute Gasteiger partial charge is 0.360 e. The van der Waals surface area contributed by atoms with Crippen LogP contribution in [0.1, 0.15) is 71.8 Å². The standard InChI is InChI=1S/C20H24N2O2/c1-3-18-16(14-6-4-13(2)5-7-14)10-11-22(18)20(23)17-12-19(24-21-17)15-8-9-15/h4-7,12,15-16,18H,3,8-11H2,1-2H3. The van der Waals surface area contributed by atoms with Gasteiger partial charge in [0, 0.05) is 30.5 Å². The fourth-order valence-electron chi connectivity index (χ4n) is 3.91. The van der Waals surface area contributed by atoms with Crippen molar-refractivity contribution in [1.82, 2.24) is 10.1 Å². The van der Waals surface area contributed by atoms with E-state index in [1.165, 1.54) is 11.1 Å². The van der Waals surface area contributed by atoms with E-state index >= 15 is 0 Å². The summed E-state index contributed by atoms with van der Waals surface area (Å²) in [6.07, 6.45) is 4.28. The SMILES string of the molecule is CCC1C(c2ccc(C)cc2)CCN1C(=O)c1cc(C2CC2)on1. The molecule has 1 aliphatic heterocycles. The molecule has 0 N–H and O–H groups in total. The second kappa shape index (κ2) is 6.08. The van der Waals surface area contributed by atoms with Gasteiger partial charge in [-0.1, -0.05) is 41.9 Å². The van der Waals surface area contributed by atoms with Crippen LogP contribution in [0.4, 0.5) is 0 Å². The highest BCUT2D eigenvalue weighted by Gasteiger charge is 2.38. The van der Waals surface area contributed by atoms with Crippen LogP contribution in [-0.2, 0) is 0 Å². The van der Waals surface area contributed by atoms with E-state index < -0.39 is 0 Å². The molecule has 4 rings (SSSR count). The molecule has 1 aromatic heterocycles. The van der Waals surface area contributed by atoms with Gasteiger partial charge in [-0.3, -0.25) is 4.79 Å². The van der Waals surface area contributed by atoms with Crippen molar-refractivity contribution in [2.75, 3.05) is 6.54 Å². The summed E-state index contributed by atoms with van der Waals surface area (Å²) in [5.74, 6) is 1.79. The third-order valence-corrected chi connectivity index (χ3v) is 5.46. The average Bonchev–Trinajstić information content (AvgIpc) is 3.18. The summed E-state index contributed by atoms with van der Waals surface area (Å²) in [6.45, 7) is 5.06. The number of aromatic nitrogens is 1. The van der Waals surface area contributed by atoms with Crippen LogP contribution in [0.25, 0.3) is 0 Å². The number of rotatable bonds is 4. The van der Waals surface area contributed by atoms with Crippen molar-refractivity contribution < 1.29 is 9.32 Å². The summed E-state index contributed by atoms with van der Waals surface area (Å²) in [5.41, 5.74) is 3.08. The van der Waals surface area contributed by atoms with Gasteiger partial charge < -0.3 is 9.42 Å². The van der Waals surface area contributed by atoms with E-state index in [-0.39, 0.29) is 11.9 Å². The zero-order valence-electron chi connectivity index (χ0n) is 14.4. The predicted molar refractivity (Wildman–Crippen MR) is 92.1 cm³/mol. The van der Waals surface area contributed by atoms with Crippen LogP contribution in [-0.4, -0.2) is 28.6 Å². The van der Waals surface area contributed by atoms with E-state index in [1.54, 1.807) is 0 Å². The number of likely N-dealkylation sites (tertiary alicyclic amines) is 1. The van der Waals surface area contributed by atoms with Crippen LogP contribution >= 0.6 is 0 Å². The second-order valence-electron chi connectivity index (χ2n) is 7.17. The zero-order chi connectivity index (χ0) is 16.7. The van der Waals surface area contributed by atoms with Crippen molar-refractivity contribution in [1.29, 1.82) is 0 Å². The molecule has 2 heterocycles. The Hall–Kier alpha value is -2.10. The molecular formula is C20H24N2O2. The lowest BCUT2D eigenvalue weighted by Gasteiger charge is -2.27. The Morgan fingerprint density at radius 2 is 2.00 bits per heavy atom.